The second-order valence-corrected chi connectivity index (χ2v) is 24.2. The first-order chi connectivity index (χ1) is 41.7. The molecule has 2 N–H and O–H groups in total. The molecule has 0 saturated carbocycles. The minimum Gasteiger partial charge on any atom is -0.423 e. The van der Waals surface area contributed by atoms with Gasteiger partial charge in [0, 0.05) is 0 Å². The van der Waals surface area contributed by atoms with Crippen LogP contribution in [0.15, 0.2) is 237 Å². The Morgan fingerprint density at radius 3 is 0.966 bits per heavy atom. The molecule has 13 aromatic carbocycles. The van der Waals surface area contributed by atoms with Crippen LogP contribution in [0.25, 0.3) is 143 Å². The Kier molecular flexibility index (Phi) is 13.0. The van der Waals surface area contributed by atoms with Gasteiger partial charge >= 0.3 is 38.4 Å². The molecule has 8 nitrogen and oxygen atoms in total. The summed E-state index contributed by atoms with van der Waals surface area (Å²) in [6.45, 7) is 0. The molecular formula is C70H41BF6O8S2. The predicted molar refractivity (Wildman–Crippen MR) is 332 cm³/mol. The molecule has 17 heteroatoms. The molecule has 16 rings (SSSR count). The van der Waals surface area contributed by atoms with Gasteiger partial charge in [0.2, 0.25) is 0 Å². The van der Waals surface area contributed by atoms with E-state index in [-0.39, 0.29) is 10.8 Å². The molecule has 0 aromatic heterocycles. The summed E-state index contributed by atoms with van der Waals surface area (Å²) >= 11 is 0. The fourth-order valence-electron chi connectivity index (χ4n) is 12.4. The topological polar surface area (TPSA) is 127 Å². The van der Waals surface area contributed by atoms with Gasteiger partial charge in [-0.1, -0.05) is 200 Å². The first-order valence-corrected chi connectivity index (χ1v) is 30.0. The lowest BCUT2D eigenvalue weighted by Gasteiger charge is -2.13. The number of hydrogen-bond acceptors (Lipinski definition) is 8. The molecule has 0 spiro atoms. The van der Waals surface area contributed by atoms with Crippen LogP contribution in [0.2, 0.25) is 0 Å². The van der Waals surface area contributed by atoms with Crippen LogP contribution in [0.5, 0.6) is 11.5 Å². The highest BCUT2D eigenvalue weighted by molar-refractivity contribution is 7.88. The van der Waals surface area contributed by atoms with Crippen molar-refractivity contribution in [2.24, 2.45) is 0 Å². The standard InChI is InChI=1S/C42H24.C16H11BO2.C12H6F6O6S2/c1-3-9-33-31(7-1)37-13-5-11-35-29(19-21-39(33)41(35)37)26-17-15-25-16-18-27(24-28(25)23-26)30-20-22-40-34-10-4-2-8-32(34)38-14-6-12-36(30)42(38)40;18-17(19)15-9-8-13-11-5-2-1-4-10(11)12-6-3-7-14(15)16(12)13;13-11(14,15)25(19,20)23-9-3-1-7-2-4-10(6-8(7)5-9)24-26(21,22)12(16,17)18/h1-24H;1-9,18-19H;1-6H. The summed E-state index contributed by atoms with van der Waals surface area (Å²) in [5.74, 6) is -1.57. The van der Waals surface area contributed by atoms with E-state index in [9.17, 15) is 53.2 Å². The monoisotopic (exact) mass is 1200 g/mol. The summed E-state index contributed by atoms with van der Waals surface area (Å²) in [6.07, 6.45) is 0. The fourth-order valence-corrected chi connectivity index (χ4v) is 13.3. The lowest BCUT2D eigenvalue weighted by atomic mass is 9.76. The Labute approximate surface area is 493 Å². The van der Waals surface area contributed by atoms with E-state index in [1.165, 1.54) is 121 Å². The zero-order valence-corrected chi connectivity index (χ0v) is 46.7. The number of alkyl halides is 6. The largest absolute Gasteiger partial charge is 0.534 e. The summed E-state index contributed by atoms with van der Waals surface area (Å²) in [6, 6.07) is 77.8. The van der Waals surface area contributed by atoms with Crippen LogP contribution in [-0.4, -0.2) is 45.0 Å². The molecule has 13 aromatic rings. The van der Waals surface area contributed by atoms with E-state index in [0.29, 0.717) is 5.46 Å². The second-order valence-electron chi connectivity index (χ2n) is 21.1. The molecule has 0 aliphatic heterocycles. The minimum absolute atomic E-state index is 0.130. The maximum absolute atomic E-state index is 12.3. The van der Waals surface area contributed by atoms with Crippen molar-refractivity contribution in [1.29, 1.82) is 0 Å². The zero-order valence-electron chi connectivity index (χ0n) is 45.0. The zero-order chi connectivity index (χ0) is 60.3. The second kappa shape index (κ2) is 20.5. The van der Waals surface area contributed by atoms with Gasteiger partial charge in [-0.3, -0.25) is 0 Å². The van der Waals surface area contributed by atoms with Gasteiger partial charge in [0.05, 0.1) is 0 Å². The van der Waals surface area contributed by atoms with E-state index in [0.717, 1.165) is 47.2 Å². The number of halogens is 6. The van der Waals surface area contributed by atoms with Crippen molar-refractivity contribution in [3.63, 3.8) is 0 Å². The van der Waals surface area contributed by atoms with Crippen molar-refractivity contribution < 1.29 is 61.6 Å². The quantitative estimate of drug-likeness (QED) is 0.0699. The highest BCUT2D eigenvalue weighted by atomic mass is 32.2. The van der Waals surface area contributed by atoms with Crippen LogP contribution >= 0.6 is 0 Å². The molecule has 426 valence electrons. The van der Waals surface area contributed by atoms with E-state index in [1.807, 2.05) is 30.3 Å². The maximum atomic E-state index is 12.3. The Balaban J connectivity index is 0.000000127. The van der Waals surface area contributed by atoms with E-state index >= 15 is 0 Å². The molecule has 3 aliphatic rings. The maximum Gasteiger partial charge on any atom is 0.534 e. The molecule has 0 fully saturated rings. The number of hydrogen-bond donors (Lipinski definition) is 2. The molecular weight excluding hydrogens is 1160 g/mol. The van der Waals surface area contributed by atoms with Gasteiger partial charge in [0.15, 0.2) is 0 Å². The van der Waals surface area contributed by atoms with Crippen LogP contribution in [0.3, 0.4) is 0 Å². The molecule has 0 amide bonds. The lowest BCUT2D eigenvalue weighted by Crippen LogP contribution is -2.30. The molecule has 0 radical (unpaired) electrons. The third-order valence-electron chi connectivity index (χ3n) is 16.2. The third-order valence-corrected chi connectivity index (χ3v) is 18.1. The summed E-state index contributed by atoms with van der Waals surface area (Å²) in [5.41, 5.74) is 9.80. The lowest BCUT2D eigenvalue weighted by molar-refractivity contribution is -0.0504. The molecule has 0 unspecified atom stereocenters. The summed E-state index contributed by atoms with van der Waals surface area (Å²) in [5, 5.41) is 29.1. The van der Waals surface area contributed by atoms with Crippen LogP contribution < -0.4 is 13.8 Å². The number of rotatable bonds is 7. The van der Waals surface area contributed by atoms with E-state index in [1.54, 1.807) is 6.07 Å². The average Bonchev–Trinajstić information content (AvgIpc) is 1.71. The van der Waals surface area contributed by atoms with Crippen molar-refractivity contribution >= 4 is 86.7 Å². The van der Waals surface area contributed by atoms with Gasteiger partial charge in [-0.2, -0.15) is 43.2 Å². The molecule has 0 bridgehead atoms. The van der Waals surface area contributed by atoms with Crippen molar-refractivity contribution in [2.45, 2.75) is 11.0 Å². The van der Waals surface area contributed by atoms with Gasteiger partial charge in [-0.15, -0.1) is 0 Å². The number of fused-ring (bicyclic) bond motifs is 11. The highest BCUT2D eigenvalue weighted by Crippen LogP contribution is 2.52. The Morgan fingerprint density at radius 2 is 0.598 bits per heavy atom. The van der Waals surface area contributed by atoms with E-state index < -0.39 is 49.9 Å². The smallest absolute Gasteiger partial charge is 0.423 e. The normalized spacial score (nSPS) is 12.6. The van der Waals surface area contributed by atoms with Crippen LogP contribution in [0, 0.1) is 0 Å². The summed E-state index contributed by atoms with van der Waals surface area (Å²) < 4.78 is 125. The van der Waals surface area contributed by atoms with Crippen molar-refractivity contribution in [1.82, 2.24) is 0 Å². The Hall–Kier alpha value is -9.78. The first-order valence-electron chi connectivity index (χ1n) is 27.2. The van der Waals surface area contributed by atoms with Crippen LogP contribution in [0.4, 0.5) is 26.3 Å². The van der Waals surface area contributed by atoms with Crippen molar-refractivity contribution in [3.05, 3.63) is 237 Å². The highest BCUT2D eigenvalue weighted by Gasteiger charge is 2.49. The predicted octanol–water partition coefficient (Wildman–Crippen LogP) is 17.2. The van der Waals surface area contributed by atoms with Gasteiger partial charge in [-0.25, -0.2) is 0 Å². The van der Waals surface area contributed by atoms with Gasteiger partial charge < -0.3 is 18.4 Å². The fraction of sp³-hybridized carbons (Fsp3) is 0.0286. The van der Waals surface area contributed by atoms with Gasteiger partial charge in [0.25, 0.3) is 0 Å². The molecule has 87 heavy (non-hydrogen) atoms. The number of benzene rings is 13. The molecule has 0 saturated heterocycles. The Bertz CT molecular complexity index is 4960. The van der Waals surface area contributed by atoms with E-state index in [2.05, 4.69) is 172 Å². The van der Waals surface area contributed by atoms with Gasteiger partial charge in [-0.05, 0) is 185 Å². The van der Waals surface area contributed by atoms with Crippen molar-refractivity contribution in [2.75, 3.05) is 0 Å². The Morgan fingerprint density at radius 1 is 0.299 bits per heavy atom. The van der Waals surface area contributed by atoms with Crippen LogP contribution in [-0.2, 0) is 20.2 Å². The minimum atomic E-state index is -5.95. The van der Waals surface area contributed by atoms with E-state index in [4.69, 9.17) is 0 Å². The van der Waals surface area contributed by atoms with Crippen LogP contribution in [0.1, 0.15) is 0 Å². The molecule has 0 atom stereocenters. The summed E-state index contributed by atoms with van der Waals surface area (Å²) in [7, 11) is -13.3. The average molecular weight is 1200 g/mol. The molecule has 0 heterocycles. The third kappa shape index (κ3) is 9.32. The van der Waals surface area contributed by atoms with Gasteiger partial charge in [0.1, 0.15) is 11.5 Å². The summed E-state index contributed by atoms with van der Waals surface area (Å²) in [4.78, 5) is 0. The first kappa shape index (κ1) is 55.1. The molecule has 3 aliphatic carbocycles. The van der Waals surface area contributed by atoms with Crippen molar-refractivity contribution in [3.8, 4) is 101 Å². The SMILES string of the molecule is O=S(=O)(Oc1ccc2ccc(OS(=O)(=O)C(F)(F)F)cc2c1)C(F)(F)F.OB(O)c1ccc2c3c(cccc13)-c1ccccc1-2.c1ccc2c(c1)-c1cccc3c(-c4ccc5ccc(-c6ccc7c8c(cccc68)-c6ccccc6-7)cc5c4)ccc-2c13.